The molecular formula is C11H20N4O5S. The minimum absolute atomic E-state index is 0.245. The third-order valence-corrected chi connectivity index (χ3v) is 2.30. The number of quaternary nitrogens is 1. The molecule has 0 saturated carbocycles. The largest absolute Gasteiger partial charge is 0.759 e. The Balaban J connectivity index is 0.000000690. The lowest BCUT2D eigenvalue weighted by atomic mass is 10.2. The van der Waals surface area contributed by atoms with Crippen molar-refractivity contribution in [2.45, 2.75) is 13.0 Å². The summed E-state index contributed by atoms with van der Waals surface area (Å²) in [6, 6.07) is 7.94. The van der Waals surface area contributed by atoms with Gasteiger partial charge in [-0.1, -0.05) is 18.2 Å². The highest BCUT2D eigenvalue weighted by Gasteiger charge is 2.09. The molecule has 0 bridgehead atoms. The lowest BCUT2D eigenvalue weighted by Crippen LogP contribution is -2.98. The van der Waals surface area contributed by atoms with Crippen LogP contribution in [0.3, 0.4) is 0 Å². The number of anilines is 1. The number of guanidine groups is 1. The van der Waals surface area contributed by atoms with E-state index in [0.717, 1.165) is 11.3 Å². The number of aryl methyl sites for hydroxylation is 1. The number of aliphatic hydroxyl groups excluding tert-OH is 1. The molecule has 1 rings (SSSR count). The van der Waals surface area contributed by atoms with Gasteiger partial charge in [-0.25, -0.2) is 16.5 Å². The lowest BCUT2D eigenvalue weighted by molar-refractivity contribution is -0.575. The van der Waals surface area contributed by atoms with E-state index in [1.54, 1.807) is 5.32 Å². The van der Waals surface area contributed by atoms with Gasteiger partial charge in [0.25, 0.3) is 0 Å². The van der Waals surface area contributed by atoms with Gasteiger partial charge in [-0.2, -0.15) is 0 Å². The zero-order chi connectivity index (χ0) is 16.5. The fourth-order valence-electron chi connectivity index (χ4n) is 1.35. The zero-order valence-corrected chi connectivity index (χ0v) is 12.3. The summed E-state index contributed by atoms with van der Waals surface area (Å²) in [5.74, 6) is 0.245. The van der Waals surface area contributed by atoms with Crippen LogP contribution in [0.1, 0.15) is 5.56 Å². The Kier molecular flexibility index (Phi) is 8.50. The molecule has 9 nitrogen and oxygen atoms in total. The molecule has 0 aliphatic heterocycles. The van der Waals surface area contributed by atoms with Crippen molar-refractivity contribution >= 4 is 22.0 Å². The molecule has 1 atom stereocenters. The Morgan fingerprint density at radius 1 is 1.48 bits per heavy atom. The van der Waals surface area contributed by atoms with Gasteiger partial charge in [-0.15, -0.1) is 0 Å². The number of aliphatic hydroxyl groups is 1. The number of para-hydroxylation sites is 1. The van der Waals surface area contributed by atoms with Gasteiger partial charge in [0, 0.05) is 22.6 Å². The van der Waals surface area contributed by atoms with Gasteiger partial charge >= 0.3 is 5.96 Å². The van der Waals surface area contributed by atoms with Crippen LogP contribution in [0.5, 0.6) is 0 Å². The second-order valence-electron chi connectivity index (χ2n) is 4.20. The van der Waals surface area contributed by atoms with E-state index in [2.05, 4.69) is 5.32 Å². The van der Waals surface area contributed by atoms with Crippen LogP contribution in [0, 0.1) is 6.92 Å². The first-order valence-corrected chi connectivity index (χ1v) is 7.28. The summed E-state index contributed by atoms with van der Waals surface area (Å²) in [6.07, 6.45) is -0.485. The fraction of sp³-hybridized carbons (Fsp3) is 0.364. The summed E-state index contributed by atoms with van der Waals surface area (Å²) in [5, 5.41) is 19.7. The Hall–Kier alpha value is -1.72. The van der Waals surface area contributed by atoms with Gasteiger partial charge in [-0.3, -0.25) is 8.42 Å². The number of benzene rings is 1. The van der Waals surface area contributed by atoms with Gasteiger partial charge in [0.1, 0.15) is 12.6 Å². The average molecular weight is 320 g/mol. The topological polar surface area (TPSA) is 181 Å². The van der Waals surface area contributed by atoms with E-state index < -0.39 is 16.5 Å². The molecule has 0 spiro atoms. The highest BCUT2D eigenvalue weighted by Crippen LogP contribution is 2.12. The smallest absolute Gasteiger partial charge is 0.434 e. The Morgan fingerprint density at radius 3 is 2.48 bits per heavy atom. The monoisotopic (exact) mass is 320 g/mol. The van der Waals surface area contributed by atoms with Crippen molar-refractivity contribution in [3.05, 3.63) is 29.8 Å². The lowest BCUT2D eigenvalue weighted by Gasteiger charge is -2.12. The second kappa shape index (κ2) is 9.26. The van der Waals surface area contributed by atoms with Crippen LogP contribution in [0.25, 0.3) is 0 Å². The minimum Gasteiger partial charge on any atom is -0.759 e. The average Bonchev–Trinajstić information content (AvgIpc) is 2.33. The first-order valence-electron chi connectivity index (χ1n) is 5.95. The normalized spacial score (nSPS) is 12.0. The number of rotatable bonds is 5. The summed E-state index contributed by atoms with van der Waals surface area (Å²) in [5.41, 5.74) is 7.47. The molecule has 0 aromatic heterocycles. The first kappa shape index (κ1) is 19.3. The molecule has 0 aliphatic carbocycles. The van der Waals surface area contributed by atoms with Crippen LogP contribution in [-0.2, 0) is 10.4 Å². The molecular weight excluding hydrogens is 300 g/mol. The summed E-state index contributed by atoms with van der Waals surface area (Å²) >= 11 is 0. The standard InChI is InChI=1S/C11H18N4O.H2O4S/c1-8-4-2-3-5-10(8)14-6-9(16)7-15-11(12)13;1-5(2,3)4/h2-5,9,14,16H,6-7H2,1H3,(H4,12,13,15);(H2,1,2,3,4). The predicted molar refractivity (Wildman–Crippen MR) is 74.1 cm³/mol. The molecule has 0 saturated heterocycles. The van der Waals surface area contributed by atoms with Crippen molar-refractivity contribution in [3.8, 4) is 0 Å². The van der Waals surface area contributed by atoms with E-state index in [4.69, 9.17) is 28.7 Å². The van der Waals surface area contributed by atoms with Crippen molar-refractivity contribution in [3.63, 3.8) is 0 Å². The van der Waals surface area contributed by atoms with Crippen molar-refractivity contribution in [1.82, 2.24) is 0 Å². The molecule has 120 valence electrons. The molecule has 0 fully saturated rings. The number of hydrogen-bond donors (Lipinski definition) is 5. The first-order chi connectivity index (χ1) is 9.59. The SMILES string of the molecule is Cc1ccccc1NCC(O)C[NH2+]C(N)=[NH2+].O=S(=O)([O-])[O-]. The number of hydrogen-bond acceptors (Lipinski definition) is 6. The van der Waals surface area contributed by atoms with Crippen molar-refractivity contribution < 1.29 is 33.4 Å². The quantitative estimate of drug-likeness (QED) is 0.159. The van der Waals surface area contributed by atoms with Crippen LogP contribution in [-0.4, -0.2) is 47.8 Å². The maximum atomic E-state index is 9.63. The predicted octanol–water partition coefficient (Wildman–Crippen LogP) is -3.93. The molecule has 0 amide bonds. The van der Waals surface area contributed by atoms with Gasteiger partial charge in [0.2, 0.25) is 0 Å². The summed E-state index contributed by atoms with van der Waals surface area (Å²) in [4.78, 5) is 0. The summed E-state index contributed by atoms with van der Waals surface area (Å²) in [6.45, 7) is 2.96. The Labute approximate surface area is 123 Å². The van der Waals surface area contributed by atoms with Crippen molar-refractivity contribution in [1.29, 1.82) is 0 Å². The van der Waals surface area contributed by atoms with E-state index >= 15 is 0 Å². The van der Waals surface area contributed by atoms with Crippen LogP contribution >= 0.6 is 0 Å². The molecule has 0 aliphatic rings. The van der Waals surface area contributed by atoms with Crippen molar-refractivity contribution in [2.24, 2.45) is 5.73 Å². The fourth-order valence-corrected chi connectivity index (χ4v) is 1.35. The van der Waals surface area contributed by atoms with Crippen LogP contribution in [0.4, 0.5) is 5.69 Å². The summed E-state index contributed by atoms with van der Waals surface area (Å²) < 4.78 is 34.1. The van der Waals surface area contributed by atoms with E-state index in [1.807, 2.05) is 31.2 Å². The highest BCUT2D eigenvalue weighted by molar-refractivity contribution is 7.79. The molecule has 1 unspecified atom stereocenters. The van der Waals surface area contributed by atoms with Gasteiger partial charge < -0.3 is 19.5 Å². The minimum atomic E-state index is -5.17. The third-order valence-electron chi connectivity index (χ3n) is 2.30. The molecule has 10 heteroatoms. The zero-order valence-electron chi connectivity index (χ0n) is 11.5. The van der Waals surface area contributed by atoms with Gasteiger partial charge in [0.15, 0.2) is 0 Å². The Morgan fingerprint density at radius 2 is 2.00 bits per heavy atom. The third kappa shape index (κ3) is 13.0. The van der Waals surface area contributed by atoms with Gasteiger partial charge in [-0.05, 0) is 18.6 Å². The van der Waals surface area contributed by atoms with E-state index in [9.17, 15) is 5.11 Å². The molecule has 0 radical (unpaired) electrons. The molecule has 0 heterocycles. The molecule has 8 N–H and O–H groups in total. The molecule has 1 aromatic carbocycles. The Bertz CT molecular complexity index is 541. The van der Waals surface area contributed by atoms with Crippen LogP contribution in [0.2, 0.25) is 0 Å². The second-order valence-corrected chi connectivity index (χ2v) is 5.01. The van der Waals surface area contributed by atoms with Crippen molar-refractivity contribution in [2.75, 3.05) is 18.4 Å². The number of nitrogens with two attached hydrogens (primary N) is 3. The molecule has 1 aromatic rings. The van der Waals surface area contributed by atoms with E-state index in [0.29, 0.717) is 13.1 Å². The number of nitrogens with one attached hydrogen (secondary N) is 1. The van der Waals surface area contributed by atoms with Crippen LogP contribution < -0.4 is 21.8 Å². The van der Waals surface area contributed by atoms with E-state index in [-0.39, 0.29) is 5.96 Å². The van der Waals surface area contributed by atoms with E-state index in [1.165, 1.54) is 0 Å². The molecule has 21 heavy (non-hydrogen) atoms. The maximum Gasteiger partial charge on any atom is 0.434 e. The highest BCUT2D eigenvalue weighted by atomic mass is 32.3. The van der Waals surface area contributed by atoms with Crippen LogP contribution in [0.15, 0.2) is 24.3 Å². The maximum absolute atomic E-state index is 9.63. The van der Waals surface area contributed by atoms with Gasteiger partial charge in [0.05, 0.1) is 0 Å². The summed E-state index contributed by atoms with van der Waals surface area (Å²) in [7, 11) is -5.17.